The van der Waals surface area contributed by atoms with Crippen LogP contribution in [0.5, 0.6) is 5.75 Å². The minimum atomic E-state index is -1.07. The third-order valence-electron chi connectivity index (χ3n) is 9.34. The molecule has 0 bridgehead atoms. The Morgan fingerprint density at radius 3 is 2.00 bits per heavy atom. The number of pyridine rings is 1. The Balaban J connectivity index is 1.02. The zero-order chi connectivity index (χ0) is 37.3. The summed E-state index contributed by atoms with van der Waals surface area (Å²) in [6, 6.07) is 18.2. The Morgan fingerprint density at radius 2 is 1.43 bits per heavy atom. The van der Waals surface area contributed by atoms with E-state index in [1.807, 2.05) is 18.2 Å². The maximum Gasteiger partial charge on any atom is 0.251 e. The van der Waals surface area contributed by atoms with E-state index in [0.29, 0.717) is 31.0 Å². The van der Waals surface area contributed by atoms with Gasteiger partial charge in [0.2, 0.25) is 5.91 Å². The van der Waals surface area contributed by atoms with Crippen molar-refractivity contribution < 1.29 is 36.7 Å². The van der Waals surface area contributed by atoms with E-state index in [-0.39, 0.29) is 46.9 Å². The van der Waals surface area contributed by atoms with Crippen molar-refractivity contribution in [2.45, 2.75) is 38.3 Å². The number of Topliss-reactive ketones (excluding diaryl/α,β-unsaturated/α-hetero) is 1. The lowest BCUT2D eigenvalue weighted by molar-refractivity contribution is -0.126. The zero-order valence-corrected chi connectivity index (χ0v) is 28.8. The summed E-state index contributed by atoms with van der Waals surface area (Å²) in [5.74, 6) is -4.41. The molecule has 0 spiro atoms. The van der Waals surface area contributed by atoms with Crippen LogP contribution in [0, 0.1) is 29.2 Å². The van der Waals surface area contributed by atoms with Gasteiger partial charge in [-0.3, -0.25) is 24.3 Å². The molecule has 1 aromatic heterocycles. The summed E-state index contributed by atoms with van der Waals surface area (Å²) in [6.45, 7) is 3.10. The topological polar surface area (TPSA) is 101 Å². The lowest BCUT2D eigenvalue weighted by atomic mass is 9.83. The van der Waals surface area contributed by atoms with Crippen LogP contribution in [0.1, 0.15) is 52.9 Å². The molecule has 2 aliphatic rings. The molecule has 2 fully saturated rings. The zero-order valence-electron chi connectivity index (χ0n) is 28.8. The Hall–Kier alpha value is -5.62. The number of carbonyl (C=O) groups excluding carboxylic acids is 3. The standard InChI is InChI=1S/C41H38F4N4O4/c42-35-10-4-26(21-37(35)44)19-30-23-33(24-31(39(30)50)20-27-5-11-36(43)38(45)22-27)48-41(52)28-6-8-34(9-7-28)53-18-17-49-15-12-29(13-16-49)40(51)47-25-32-3-1-2-14-46-32/h1-11,14,19-22,29,33H,12-13,15-18,23-25H2,(H,47,51)(H,48,52)/b30-19+,31-20+. The molecule has 0 radical (unpaired) electrons. The second-order valence-corrected chi connectivity index (χ2v) is 13.1. The van der Waals surface area contributed by atoms with Crippen LogP contribution in [-0.2, 0) is 16.1 Å². The number of benzene rings is 3. The number of rotatable bonds is 11. The van der Waals surface area contributed by atoms with Gasteiger partial charge in [-0.25, -0.2) is 17.6 Å². The molecule has 1 saturated carbocycles. The highest BCUT2D eigenvalue weighted by Gasteiger charge is 2.30. The number of carbonyl (C=O) groups is 3. The highest BCUT2D eigenvalue weighted by molar-refractivity contribution is 6.14. The van der Waals surface area contributed by atoms with E-state index in [2.05, 4.69) is 20.5 Å². The van der Waals surface area contributed by atoms with Gasteiger partial charge in [0.25, 0.3) is 5.91 Å². The average molecular weight is 727 g/mol. The number of piperidine rings is 1. The van der Waals surface area contributed by atoms with Gasteiger partial charge in [0.15, 0.2) is 29.1 Å². The van der Waals surface area contributed by atoms with Gasteiger partial charge in [0, 0.05) is 41.4 Å². The second-order valence-electron chi connectivity index (χ2n) is 13.1. The molecule has 53 heavy (non-hydrogen) atoms. The Labute approximate surface area is 304 Å². The van der Waals surface area contributed by atoms with Crippen molar-refractivity contribution in [3.05, 3.63) is 142 Å². The van der Waals surface area contributed by atoms with Crippen LogP contribution < -0.4 is 15.4 Å². The fraction of sp³-hybridized carbons (Fsp3) is 0.268. The Bertz CT molecular complexity index is 1940. The summed E-state index contributed by atoms with van der Waals surface area (Å²) >= 11 is 0. The third-order valence-corrected chi connectivity index (χ3v) is 9.34. The Kier molecular flexibility index (Phi) is 12.1. The molecule has 8 nitrogen and oxygen atoms in total. The third kappa shape index (κ3) is 10.0. The number of nitrogens with zero attached hydrogens (tertiary/aromatic N) is 2. The first-order valence-corrected chi connectivity index (χ1v) is 17.4. The number of ketones is 1. The second kappa shape index (κ2) is 17.3. The summed E-state index contributed by atoms with van der Waals surface area (Å²) in [5, 5.41) is 5.92. The molecule has 0 atom stereocenters. The summed E-state index contributed by atoms with van der Waals surface area (Å²) in [5.41, 5.74) is 2.16. The van der Waals surface area contributed by atoms with Crippen LogP contribution >= 0.6 is 0 Å². The summed E-state index contributed by atoms with van der Waals surface area (Å²) in [7, 11) is 0. The van der Waals surface area contributed by atoms with Gasteiger partial charge in [0.1, 0.15) is 12.4 Å². The van der Waals surface area contributed by atoms with Crippen molar-refractivity contribution in [3.63, 3.8) is 0 Å². The van der Waals surface area contributed by atoms with Crippen LogP contribution in [0.4, 0.5) is 17.6 Å². The quantitative estimate of drug-likeness (QED) is 0.132. The van der Waals surface area contributed by atoms with Crippen LogP contribution in [0.3, 0.4) is 0 Å². The minimum absolute atomic E-state index is 0.0346. The van der Waals surface area contributed by atoms with Gasteiger partial charge in [-0.05, 0) is 123 Å². The molecule has 2 heterocycles. The van der Waals surface area contributed by atoms with Gasteiger partial charge >= 0.3 is 0 Å². The largest absolute Gasteiger partial charge is 0.492 e. The first-order valence-electron chi connectivity index (χ1n) is 17.4. The van der Waals surface area contributed by atoms with Crippen LogP contribution in [-0.4, -0.2) is 59.8 Å². The summed E-state index contributed by atoms with van der Waals surface area (Å²) in [6.07, 6.45) is 6.29. The normalized spacial score (nSPS) is 18.3. The first kappa shape index (κ1) is 37.1. The molecule has 0 unspecified atom stereocenters. The molecule has 4 aromatic rings. The number of nitrogens with one attached hydrogen (secondary N) is 2. The van der Waals surface area contributed by atoms with Crippen molar-refractivity contribution in [1.29, 1.82) is 0 Å². The number of halogens is 4. The number of amides is 2. The fourth-order valence-corrected chi connectivity index (χ4v) is 6.46. The highest BCUT2D eigenvalue weighted by Crippen LogP contribution is 2.30. The van der Waals surface area contributed by atoms with Gasteiger partial charge in [-0.2, -0.15) is 0 Å². The van der Waals surface area contributed by atoms with Crippen LogP contribution in [0.15, 0.2) is 96.2 Å². The molecule has 2 amide bonds. The van der Waals surface area contributed by atoms with Crippen LogP contribution in [0.25, 0.3) is 12.2 Å². The number of hydrogen-bond donors (Lipinski definition) is 2. The average Bonchev–Trinajstić information content (AvgIpc) is 3.16. The molecule has 2 N–H and O–H groups in total. The van der Waals surface area contributed by atoms with Crippen molar-refractivity contribution in [3.8, 4) is 5.75 Å². The van der Waals surface area contributed by atoms with Crippen molar-refractivity contribution in [1.82, 2.24) is 20.5 Å². The molecule has 3 aromatic carbocycles. The van der Waals surface area contributed by atoms with Crippen molar-refractivity contribution >= 4 is 29.7 Å². The van der Waals surface area contributed by atoms with E-state index >= 15 is 0 Å². The Morgan fingerprint density at radius 1 is 0.811 bits per heavy atom. The minimum Gasteiger partial charge on any atom is -0.492 e. The molecule has 1 saturated heterocycles. The SMILES string of the molecule is O=C1/C(=C/c2ccc(F)c(F)c2)CC(NC(=O)c2ccc(OCCN3CCC(C(=O)NCc4ccccn4)CC3)cc2)C/C1=C\c1ccc(F)c(F)c1. The summed E-state index contributed by atoms with van der Waals surface area (Å²) < 4.78 is 60.9. The molecule has 1 aliphatic carbocycles. The monoisotopic (exact) mass is 726 g/mol. The van der Waals surface area contributed by atoms with E-state index in [1.54, 1.807) is 30.5 Å². The number of ether oxygens (including phenoxy) is 1. The van der Waals surface area contributed by atoms with Gasteiger partial charge in [-0.1, -0.05) is 18.2 Å². The lowest BCUT2D eigenvalue weighted by Crippen LogP contribution is -2.41. The smallest absolute Gasteiger partial charge is 0.251 e. The van der Waals surface area contributed by atoms with E-state index in [9.17, 15) is 31.9 Å². The fourth-order valence-electron chi connectivity index (χ4n) is 6.46. The predicted molar refractivity (Wildman–Crippen MR) is 191 cm³/mol. The number of aromatic nitrogens is 1. The van der Waals surface area contributed by atoms with Crippen LogP contribution in [0.2, 0.25) is 0 Å². The number of likely N-dealkylation sites (tertiary alicyclic amines) is 1. The molecule has 274 valence electrons. The van der Waals surface area contributed by atoms with Gasteiger partial charge in [-0.15, -0.1) is 0 Å². The number of hydrogen-bond acceptors (Lipinski definition) is 6. The molecule has 6 rings (SSSR count). The van der Waals surface area contributed by atoms with E-state index in [1.165, 1.54) is 24.3 Å². The molecular formula is C41H38F4N4O4. The lowest BCUT2D eigenvalue weighted by Gasteiger charge is -2.31. The van der Waals surface area contributed by atoms with E-state index in [4.69, 9.17) is 4.74 Å². The van der Waals surface area contributed by atoms with E-state index < -0.39 is 41.0 Å². The maximum absolute atomic E-state index is 13.9. The first-order chi connectivity index (χ1) is 25.6. The molecule has 12 heteroatoms. The summed E-state index contributed by atoms with van der Waals surface area (Å²) in [4.78, 5) is 45.9. The van der Waals surface area contributed by atoms with Crippen molar-refractivity contribution in [2.75, 3.05) is 26.2 Å². The van der Waals surface area contributed by atoms with Gasteiger partial charge < -0.3 is 15.4 Å². The van der Waals surface area contributed by atoms with E-state index in [0.717, 1.165) is 55.9 Å². The predicted octanol–water partition coefficient (Wildman–Crippen LogP) is 6.67. The van der Waals surface area contributed by atoms with Crippen molar-refractivity contribution in [2.24, 2.45) is 5.92 Å². The van der Waals surface area contributed by atoms with Gasteiger partial charge in [0.05, 0.1) is 12.2 Å². The highest BCUT2D eigenvalue weighted by atomic mass is 19.2. The maximum atomic E-state index is 13.9. The molecule has 1 aliphatic heterocycles. The molecular weight excluding hydrogens is 688 g/mol.